The molecule has 3 N–H and O–H groups in total. The summed E-state index contributed by atoms with van der Waals surface area (Å²) in [5.74, 6) is 0.514. The van der Waals surface area contributed by atoms with Crippen LogP contribution in [0.2, 0.25) is 0 Å². The van der Waals surface area contributed by atoms with Gasteiger partial charge in [0.1, 0.15) is 0 Å². The summed E-state index contributed by atoms with van der Waals surface area (Å²) < 4.78 is 0. The van der Waals surface area contributed by atoms with Gasteiger partial charge in [-0.15, -0.1) is 0 Å². The Morgan fingerprint density at radius 3 is 2.55 bits per heavy atom. The maximum atomic E-state index is 10.8. The maximum Gasteiger partial charge on any atom is 0.217 e. The second-order valence-electron chi connectivity index (χ2n) is 5.81. The molecule has 1 unspecified atom stereocenters. The van der Waals surface area contributed by atoms with Gasteiger partial charge >= 0.3 is 0 Å². The highest BCUT2D eigenvalue weighted by atomic mass is 16.1. The fourth-order valence-corrected chi connectivity index (χ4v) is 3.20. The van der Waals surface area contributed by atoms with E-state index in [1.807, 2.05) is 0 Å². The molecule has 0 bridgehead atoms. The summed E-state index contributed by atoms with van der Waals surface area (Å²) in [6.45, 7) is 0.860. The van der Waals surface area contributed by atoms with Crippen LogP contribution in [-0.4, -0.2) is 12.5 Å². The summed E-state index contributed by atoms with van der Waals surface area (Å²) in [7, 11) is 0. The van der Waals surface area contributed by atoms with Crippen LogP contribution in [0.1, 0.15) is 56.6 Å². The van der Waals surface area contributed by atoms with E-state index in [2.05, 4.69) is 35.6 Å². The predicted molar refractivity (Wildman–Crippen MR) is 82.2 cm³/mol. The van der Waals surface area contributed by atoms with Crippen LogP contribution in [-0.2, 0) is 4.79 Å². The Labute approximate surface area is 121 Å². The van der Waals surface area contributed by atoms with E-state index in [1.54, 1.807) is 0 Å². The minimum absolute atomic E-state index is 0.208. The first-order valence-electron chi connectivity index (χ1n) is 7.84. The molecule has 3 nitrogen and oxygen atoms in total. The monoisotopic (exact) mass is 274 g/mol. The van der Waals surface area contributed by atoms with Crippen molar-refractivity contribution in [3.05, 3.63) is 35.9 Å². The van der Waals surface area contributed by atoms with Crippen LogP contribution in [0.3, 0.4) is 0 Å². The van der Waals surface area contributed by atoms with E-state index < -0.39 is 0 Å². The summed E-state index contributed by atoms with van der Waals surface area (Å²) in [5, 5.41) is 3.65. The van der Waals surface area contributed by atoms with E-state index in [0.29, 0.717) is 12.5 Å². The van der Waals surface area contributed by atoms with Crippen molar-refractivity contribution in [2.75, 3.05) is 6.54 Å². The van der Waals surface area contributed by atoms with E-state index in [4.69, 9.17) is 5.73 Å². The quantitative estimate of drug-likeness (QED) is 0.750. The van der Waals surface area contributed by atoms with E-state index in [0.717, 1.165) is 18.9 Å². The Morgan fingerprint density at radius 2 is 1.90 bits per heavy atom. The van der Waals surface area contributed by atoms with Gasteiger partial charge in [0, 0.05) is 12.5 Å². The van der Waals surface area contributed by atoms with E-state index in [9.17, 15) is 4.79 Å². The fraction of sp³-hybridized carbons (Fsp3) is 0.588. The standard InChI is InChI=1S/C17H26N2O/c18-16(20)12-7-13-19-17(14-8-3-1-4-9-14)15-10-5-2-6-11-15/h1,3-4,8-9,15,17,19H,2,5-7,10-13H2,(H2,18,20). The topological polar surface area (TPSA) is 55.1 Å². The van der Waals surface area contributed by atoms with Crippen molar-refractivity contribution in [2.24, 2.45) is 11.7 Å². The average molecular weight is 274 g/mol. The van der Waals surface area contributed by atoms with Crippen LogP contribution in [0.4, 0.5) is 0 Å². The van der Waals surface area contributed by atoms with Crippen molar-refractivity contribution in [1.82, 2.24) is 5.32 Å². The Bertz CT molecular complexity index is 399. The Balaban J connectivity index is 1.94. The van der Waals surface area contributed by atoms with Crippen molar-refractivity contribution in [3.63, 3.8) is 0 Å². The van der Waals surface area contributed by atoms with E-state index in [-0.39, 0.29) is 5.91 Å². The SMILES string of the molecule is NC(=O)CCCNC(c1ccccc1)C1CCCCC1. The second kappa shape index (κ2) is 8.05. The third-order valence-electron chi connectivity index (χ3n) is 4.24. The van der Waals surface area contributed by atoms with Crippen LogP contribution in [0.5, 0.6) is 0 Å². The molecule has 110 valence electrons. The summed E-state index contributed by atoms with van der Waals surface area (Å²) in [6.07, 6.45) is 7.98. The van der Waals surface area contributed by atoms with Crippen molar-refractivity contribution in [2.45, 2.75) is 51.0 Å². The minimum atomic E-state index is -0.208. The molecule has 0 aliphatic heterocycles. The molecule has 0 aromatic heterocycles. The van der Waals surface area contributed by atoms with E-state index in [1.165, 1.54) is 37.7 Å². The van der Waals surface area contributed by atoms with Crippen molar-refractivity contribution >= 4 is 5.91 Å². The van der Waals surface area contributed by atoms with Gasteiger partial charge < -0.3 is 11.1 Å². The Kier molecular flexibility index (Phi) is 6.06. The number of carbonyl (C=O) groups excluding carboxylic acids is 1. The van der Waals surface area contributed by atoms with Gasteiger partial charge in [0.2, 0.25) is 5.91 Å². The number of nitrogens with one attached hydrogen (secondary N) is 1. The fourth-order valence-electron chi connectivity index (χ4n) is 3.20. The molecular formula is C17H26N2O. The molecule has 0 radical (unpaired) electrons. The highest BCUT2D eigenvalue weighted by molar-refractivity contribution is 5.73. The molecule has 1 aliphatic carbocycles. The molecule has 1 saturated carbocycles. The van der Waals surface area contributed by atoms with Crippen LogP contribution < -0.4 is 11.1 Å². The molecular weight excluding hydrogens is 248 g/mol. The predicted octanol–water partition coefficient (Wildman–Crippen LogP) is 3.16. The van der Waals surface area contributed by atoms with Crippen molar-refractivity contribution in [1.29, 1.82) is 0 Å². The van der Waals surface area contributed by atoms with Gasteiger partial charge in [-0.05, 0) is 37.3 Å². The molecule has 1 atom stereocenters. The number of benzene rings is 1. The van der Waals surface area contributed by atoms with Crippen molar-refractivity contribution < 1.29 is 4.79 Å². The molecule has 1 aromatic carbocycles. The number of hydrogen-bond donors (Lipinski definition) is 2. The average Bonchev–Trinajstić information content (AvgIpc) is 2.49. The maximum absolute atomic E-state index is 10.8. The molecule has 20 heavy (non-hydrogen) atoms. The molecule has 2 rings (SSSR count). The molecule has 1 amide bonds. The van der Waals surface area contributed by atoms with Crippen LogP contribution >= 0.6 is 0 Å². The second-order valence-corrected chi connectivity index (χ2v) is 5.81. The van der Waals surface area contributed by atoms with Gasteiger partial charge in [-0.2, -0.15) is 0 Å². The normalized spacial score (nSPS) is 17.8. The van der Waals surface area contributed by atoms with Crippen LogP contribution in [0.15, 0.2) is 30.3 Å². The lowest BCUT2D eigenvalue weighted by molar-refractivity contribution is -0.118. The van der Waals surface area contributed by atoms with Gasteiger partial charge in [-0.1, -0.05) is 49.6 Å². The van der Waals surface area contributed by atoms with Crippen molar-refractivity contribution in [3.8, 4) is 0 Å². The van der Waals surface area contributed by atoms with Crippen LogP contribution in [0, 0.1) is 5.92 Å². The molecule has 1 fully saturated rings. The number of nitrogens with two attached hydrogens (primary N) is 1. The molecule has 0 spiro atoms. The zero-order valence-corrected chi connectivity index (χ0v) is 12.2. The highest BCUT2D eigenvalue weighted by Gasteiger charge is 2.24. The molecule has 1 aromatic rings. The lowest BCUT2D eigenvalue weighted by Gasteiger charge is -2.31. The first-order valence-corrected chi connectivity index (χ1v) is 7.84. The van der Waals surface area contributed by atoms with Gasteiger partial charge in [0.05, 0.1) is 0 Å². The lowest BCUT2D eigenvalue weighted by Crippen LogP contribution is -2.31. The summed E-state index contributed by atoms with van der Waals surface area (Å²) >= 11 is 0. The summed E-state index contributed by atoms with van der Waals surface area (Å²) in [6, 6.07) is 11.1. The van der Waals surface area contributed by atoms with Gasteiger partial charge in [0.25, 0.3) is 0 Å². The Hall–Kier alpha value is -1.35. The zero-order valence-electron chi connectivity index (χ0n) is 12.2. The number of carbonyl (C=O) groups is 1. The number of hydrogen-bond acceptors (Lipinski definition) is 2. The summed E-state index contributed by atoms with van der Waals surface area (Å²) in [5.41, 5.74) is 6.57. The number of amides is 1. The zero-order chi connectivity index (χ0) is 14.2. The highest BCUT2D eigenvalue weighted by Crippen LogP contribution is 2.34. The minimum Gasteiger partial charge on any atom is -0.370 e. The number of primary amides is 1. The van der Waals surface area contributed by atoms with Gasteiger partial charge in [0.15, 0.2) is 0 Å². The van der Waals surface area contributed by atoms with Crippen LogP contribution in [0.25, 0.3) is 0 Å². The molecule has 0 heterocycles. The summed E-state index contributed by atoms with van der Waals surface area (Å²) in [4.78, 5) is 10.8. The third-order valence-corrected chi connectivity index (χ3v) is 4.24. The van der Waals surface area contributed by atoms with E-state index >= 15 is 0 Å². The molecule has 1 aliphatic rings. The first kappa shape index (κ1) is 15.0. The third kappa shape index (κ3) is 4.64. The van der Waals surface area contributed by atoms with Gasteiger partial charge in [-0.3, -0.25) is 4.79 Å². The largest absolute Gasteiger partial charge is 0.370 e. The Morgan fingerprint density at radius 1 is 1.20 bits per heavy atom. The lowest BCUT2D eigenvalue weighted by atomic mass is 9.81. The molecule has 0 saturated heterocycles. The smallest absolute Gasteiger partial charge is 0.217 e. The molecule has 3 heteroatoms. The number of rotatable bonds is 7. The van der Waals surface area contributed by atoms with Gasteiger partial charge in [-0.25, -0.2) is 0 Å². The first-order chi connectivity index (χ1) is 9.77.